The average molecular weight is 212 g/mol. The van der Waals surface area contributed by atoms with Gasteiger partial charge in [0.1, 0.15) is 0 Å². The molecule has 6 nitrogen and oxygen atoms in total. The summed E-state index contributed by atoms with van der Waals surface area (Å²) in [5, 5.41) is 0.617. The maximum absolute atomic E-state index is 11.3. The van der Waals surface area contributed by atoms with Crippen LogP contribution >= 0.6 is 11.8 Å². The SMILES string of the molecule is CSc1nc2c([nH]1)c(=O)[nH]c(=O)n2C. The van der Waals surface area contributed by atoms with Crippen LogP contribution in [-0.2, 0) is 7.05 Å². The fraction of sp³-hybridized carbons (Fsp3) is 0.286. The molecule has 2 aromatic heterocycles. The summed E-state index contributed by atoms with van der Waals surface area (Å²) in [5.41, 5.74) is -0.183. The zero-order chi connectivity index (χ0) is 10.3. The lowest BCUT2D eigenvalue weighted by Crippen LogP contribution is -2.28. The number of aryl methyl sites for hydroxylation is 1. The molecule has 2 aromatic rings. The van der Waals surface area contributed by atoms with E-state index in [9.17, 15) is 9.59 Å². The number of nitrogens with one attached hydrogen (secondary N) is 2. The van der Waals surface area contributed by atoms with Crippen molar-refractivity contribution in [1.82, 2.24) is 19.5 Å². The molecule has 2 rings (SSSR count). The van der Waals surface area contributed by atoms with E-state index in [2.05, 4.69) is 15.0 Å². The molecule has 0 aromatic carbocycles. The molecule has 74 valence electrons. The van der Waals surface area contributed by atoms with Gasteiger partial charge in [0.05, 0.1) is 0 Å². The van der Waals surface area contributed by atoms with Gasteiger partial charge in [0.2, 0.25) is 0 Å². The van der Waals surface area contributed by atoms with Gasteiger partial charge in [-0.1, -0.05) is 11.8 Å². The Morgan fingerprint density at radius 3 is 2.71 bits per heavy atom. The summed E-state index contributed by atoms with van der Waals surface area (Å²) in [4.78, 5) is 31.7. The standard InChI is InChI=1S/C7H8N4O2S/c1-11-4-3(5(12)10-7(11)13)8-6(9-4)14-2/h1-2H3,(H,8,9)(H,10,12,13). The first-order valence-corrected chi connectivity index (χ1v) is 5.09. The highest BCUT2D eigenvalue weighted by Crippen LogP contribution is 2.12. The van der Waals surface area contributed by atoms with Crippen LogP contribution in [0.1, 0.15) is 0 Å². The van der Waals surface area contributed by atoms with Crippen molar-refractivity contribution >= 4 is 22.9 Å². The number of aromatic amines is 2. The van der Waals surface area contributed by atoms with Crippen LogP contribution in [0.15, 0.2) is 14.7 Å². The van der Waals surface area contributed by atoms with Crippen molar-refractivity contribution in [3.8, 4) is 0 Å². The highest BCUT2D eigenvalue weighted by molar-refractivity contribution is 7.98. The van der Waals surface area contributed by atoms with Crippen molar-refractivity contribution in [2.45, 2.75) is 5.16 Å². The van der Waals surface area contributed by atoms with Gasteiger partial charge in [-0.25, -0.2) is 9.78 Å². The summed E-state index contributed by atoms with van der Waals surface area (Å²) < 4.78 is 1.30. The third-order valence-corrected chi connectivity index (χ3v) is 2.51. The molecule has 2 N–H and O–H groups in total. The number of thioether (sulfide) groups is 1. The number of H-pyrrole nitrogens is 2. The smallest absolute Gasteiger partial charge is 0.327 e. The molecule has 0 aliphatic carbocycles. The zero-order valence-electron chi connectivity index (χ0n) is 7.62. The summed E-state index contributed by atoms with van der Waals surface area (Å²) >= 11 is 1.38. The van der Waals surface area contributed by atoms with E-state index in [1.54, 1.807) is 7.05 Å². The number of imidazole rings is 1. The van der Waals surface area contributed by atoms with Gasteiger partial charge in [-0.05, 0) is 6.26 Å². The Labute approximate surface area is 82.4 Å². The number of nitrogens with zero attached hydrogens (tertiary/aromatic N) is 2. The van der Waals surface area contributed by atoms with Gasteiger partial charge in [0, 0.05) is 7.05 Å². The maximum atomic E-state index is 11.3. The minimum absolute atomic E-state index is 0.330. The second kappa shape index (κ2) is 3.02. The molecule has 0 unspecified atom stereocenters. The Bertz CT molecular complexity index is 594. The Morgan fingerprint density at radius 2 is 2.07 bits per heavy atom. The molecule has 0 fully saturated rings. The van der Waals surface area contributed by atoms with E-state index < -0.39 is 11.2 Å². The van der Waals surface area contributed by atoms with E-state index in [4.69, 9.17) is 0 Å². The quantitative estimate of drug-likeness (QED) is 0.634. The molecule has 0 spiro atoms. The van der Waals surface area contributed by atoms with Crippen LogP contribution in [0, 0.1) is 0 Å². The summed E-state index contributed by atoms with van der Waals surface area (Å²) in [6.07, 6.45) is 1.84. The molecule has 2 heterocycles. The molecule has 0 aliphatic heterocycles. The molecular weight excluding hydrogens is 204 g/mol. The van der Waals surface area contributed by atoms with Gasteiger partial charge in [-0.15, -0.1) is 0 Å². The number of aromatic nitrogens is 4. The lowest BCUT2D eigenvalue weighted by atomic mass is 10.5. The largest absolute Gasteiger partial charge is 0.329 e. The molecule has 0 bridgehead atoms. The van der Waals surface area contributed by atoms with Gasteiger partial charge in [0.25, 0.3) is 5.56 Å². The molecular formula is C7H8N4O2S. The second-order valence-corrected chi connectivity index (χ2v) is 3.56. The summed E-state index contributed by atoms with van der Waals surface area (Å²) in [6, 6.07) is 0. The van der Waals surface area contributed by atoms with Gasteiger partial charge in [0.15, 0.2) is 16.3 Å². The van der Waals surface area contributed by atoms with Gasteiger partial charge >= 0.3 is 5.69 Å². The van der Waals surface area contributed by atoms with Crippen molar-refractivity contribution in [2.24, 2.45) is 7.05 Å². The van der Waals surface area contributed by atoms with Gasteiger partial charge < -0.3 is 4.98 Å². The van der Waals surface area contributed by atoms with E-state index in [1.165, 1.54) is 16.3 Å². The molecule has 14 heavy (non-hydrogen) atoms. The second-order valence-electron chi connectivity index (χ2n) is 2.76. The number of hydrogen-bond donors (Lipinski definition) is 2. The van der Waals surface area contributed by atoms with Crippen molar-refractivity contribution < 1.29 is 0 Å². The van der Waals surface area contributed by atoms with Crippen LogP contribution in [-0.4, -0.2) is 25.8 Å². The van der Waals surface area contributed by atoms with E-state index >= 15 is 0 Å². The van der Waals surface area contributed by atoms with Crippen LogP contribution < -0.4 is 11.2 Å². The third-order valence-electron chi connectivity index (χ3n) is 1.93. The lowest BCUT2D eigenvalue weighted by molar-refractivity contribution is 0.830. The van der Waals surface area contributed by atoms with Crippen molar-refractivity contribution in [1.29, 1.82) is 0 Å². The zero-order valence-corrected chi connectivity index (χ0v) is 8.44. The monoisotopic (exact) mass is 212 g/mol. The van der Waals surface area contributed by atoms with Gasteiger partial charge in [-0.3, -0.25) is 14.3 Å². The molecule has 0 aliphatic rings. The highest BCUT2D eigenvalue weighted by atomic mass is 32.2. The Kier molecular flexibility index (Phi) is 1.95. The molecule has 0 radical (unpaired) electrons. The first-order chi connectivity index (χ1) is 6.63. The highest BCUT2D eigenvalue weighted by Gasteiger charge is 2.09. The van der Waals surface area contributed by atoms with E-state index in [0.29, 0.717) is 16.3 Å². The van der Waals surface area contributed by atoms with Crippen LogP contribution in [0.2, 0.25) is 0 Å². The topological polar surface area (TPSA) is 83.5 Å². The minimum Gasteiger partial charge on any atom is -0.327 e. The summed E-state index contributed by atoms with van der Waals surface area (Å²) in [6.45, 7) is 0. The normalized spacial score (nSPS) is 11.0. The van der Waals surface area contributed by atoms with Crippen LogP contribution in [0.25, 0.3) is 11.2 Å². The lowest BCUT2D eigenvalue weighted by Gasteiger charge is -1.94. The third kappa shape index (κ3) is 1.17. The van der Waals surface area contributed by atoms with Crippen molar-refractivity contribution in [3.05, 3.63) is 20.8 Å². The first kappa shape index (κ1) is 9.07. The molecule has 0 amide bonds. The molecule has 0 saturated heterocycles. The molecule has 7 heteroatoms. The summed E-state index contributed by atoms with van der Waals surface area (Å²) in [7, 11) is 1.56. The van der Waals surface area contributed by atoms with Crippen LogP contribution in [0.3, 0.4) is 0 Å². The average Bonchev–Trinajstić information content (AvgIpc) is 2.58. The molecule has 0 atom stereocenters. The predicted octanol–water partition coefficient (Wildman–Crippen LogP) is -0.328. The Morgan fingerprint density at radius 1 is 1.36 bits per heavy atom. The molecule has 0 saturated carbocycles. The van der Waals surface area contributed by atoms with Crippen molar-refractivity contribution in [2.75, 3.05) is 6.26 Å². The predicted molar refractivity (Wildman–Crippen MR) is 53.7 cm³/mol. The van der Waals surface area contributed by atoms with E-state index in [1.807, 2.05) is 6.26 Å². The first-order valence-electron chi connectivity index (χ1n) is 3.86. The van der Waals surface area contributed by atoms with Crippen LogP contribution in [0.5, 0.6) is 0 Å². The number of fused-ring (bicyclic) bond motifs is 1. The Hall–Kier alpha value is -1.50. The fourth-order valence-electron chi connectivity index (χ4n) is 1.18. The van der Waals surface area contributed by atoms with Gasteiger partial charge in [-0.2, -0.15) is 0 Å². The maximum Gasteiger partial charge on any atom is 0.329 e. The minimum atomic E-state index is -0.457. The fourth-order valence-corrected chi connectivity index (χ4v) is 1.56. The Balaban J connectivity index is 2.99. The number of rotatable bonds is 1. The van der Waals surface area contributed by atoms with E-state index in [-0.39, 0.29) is 0 Å². The van der Waals surface area contributed by atoms with Crippen molar-refractivity contribution in [3.63, 3.8) is 0 Å². The van der Waals surface area contributed by atoms with Crippen LogP contribution in [0.4, 0.5) is 0 Å². The van der Waals surface area contributed by atoms with E-state index in [0.717, 1.165) is 0 Å². The summed E-state index contributed by atoms with van der Waals surface area (Å²) in [5.74, 6) is 0. The number of hydrogen-bond acceptors (Lipinski definition) is 4.